The van der Waals surface area contributed by atoms with Crippen molar-refractivity contribution in [1.29, 1.82) is 0 Å². The summed E-state index contributed by atoms with van der Waals surface area (Å²) < 4.78 is 0. The van der Waals surface area contributed by atoms with Gasteiger partial charge >= 0.3 is 5.97 Å². The SMILES string of the molecule is CCC.CCCC(S)CC(N)C(=O)O. The van der Waals surface area contributed by atoms with Crippen molar-refractivity contribution in [2.75, 3.05) is 0 Å². The van der Waals surface area contributed by atoms with Gasteiger partial charge in [-0.05, 0) is 12.8 Å². The number of rotatable bonds is 5. The van der Waals surface area contributed by atoms with Crippen molar-refractivity contribution < 1.29 is 9.90 Å². The molecule has 2 unspecified atom stereocenters. The first-order valence-corrected chi connectivity index (χ1v) is 5.67. The van der Waals surface area contributed by atoms with E-state index in [1.54, 1.807) is 0 Å². The second kappa shape index (κ2) is 10.9. The van der Waals surface area contributed by atoms with Crippen LogP contribution in [0.1, 0.15) is 46.5 Å². The molecular formula is C10H23NO2S. The number of aliphatic carboxylic acids is 1. The zero-order valence-electron chi connectivity index (χ0n) is 9.36. The summed E-state index contributed by atoms with van der Waals surface area (Å²) in [4.78, 5) is 10.3. The largest absolute Gasteiger partial charge is 0.480 e. The summed E-state index contributed by atoms with van der Waals surface area (Å²) in [6.45, 7) is 6.29. The Morgan fingerprint density at radius 2 is 1.86 bits per heavy atom. The van der Waals surface area contributed by atoms with E-state index in [0.29, 0.717) is 6.42 Å². The fourth-order valence-corrected chi connectivity index (χ4v) is 1.33. The molecule has 0 radical (unpaired) electrons. The molecule has 0 aliphatic carbocycles. The molecule has 4 heteroatoms. The van der Waals surface area contributed by atoms with Gasteiger partial charge in [-0.25, -0.2) is 0 Å². The van der Waals surface area contributed by atoms with Crippen LogP contribution < -0.4 is 5.73 Å². The number of hydrogen-bond acceptors (Lipinski definition) is 3. The van der Waals surface area contributed by atoms with Crippen molar-refractivity contribution in [3.05, 3.63) is 0 Å². The van der Waals surface area contributed by atoms with Crippen LogP contribution in [0, 0.1) is 0 Å². The van der Waals surface area contributed by atoms with Crippen LogP contribution in [0.25, 0.3) is 0 Å². The minimum absolute atomic E-state index is 0.117. The lowest BCUT2D eigenvalue weighted by Gasteiger charge is -2.11. The van der Waals surface area contributed by atoms with Crippen molar-refractivity contribution in [2.24, 2.45) is 5.73 Å². The molecule has 2 atom stereocenters. The van der Waals surface area contributed by atoms with Gasteiger partial charge in [0.05, 0.1) is 0 Å². The van der Waals surface area contributed by atoms with Gasteiger partial charge in [-0.15, -0.1) is 0 Å². The molecule has 0 bridgehead atoms. The predicted molar refractivity (Wildman–Crippen MR) is 63.9 cm³/mol. The van der Waals surface area contributed by atoms with Crippen LogP contribution in [-0.2, 0) is 4.79 Å². The van der Waals surface area contributed by atoms with Gasteiger partial charge in [0, 0.05) is 5.25 Å². The van der Waals surface area contributed by atoms with Gasteiger partial charge in [0.25, 0.3) is 0 Å². The first kappa shape index (κ1) is 16.2. The van der Waals surface area contributed by atoms with E-state index in [2.05, 4.69) is 26.5 Å². The summed E-state index contributed by atoms with van der Waals surface area (Å²) in [7, 11) is 0. The third-order valence-corrected chi connectivity index (χ3v) is 1.93. The molecule has 14 heavy (non-hydrogen) atoms. The molecule has 0 aromatic heterocycles. The number of carbonyl (C=O) groups is 1. The minimum Gasteiger partial charge on any atom is -0.480 e. The van der Waals surface area contributed by atoms with Crippen LogP contribution in [0.4, 0.5) is 0 Å². The van der Waals surface area contributed by atoms with Crippen molar-refractivity contribution in [3.63, 3.8) is 0 Å². The van der Waals surface area contributed by atoms with Gasteiger partial charge in [0.1, 0.15) is 6.04 Å². The Morgan fingerprint density at radius 1 is 1.43 bits per heavy atom. The molecule has 86 valence electrons. The van der Waals surface area contributed by atoms with Crippen molar-refractivity contribution >= 4 is 18.6 Å². The quantitative estimate of drug-likeness (QED) is 0.624. The first-order chi connectivity index (χ1) is 6.49. The number of thiol groups is 1. The highest BCUT2D eigenvalue weighted by atomic mass is 32.1. The Hall–Kier alpha value is -0.220. The fourth-order valence-electron chi connectivity index (χ4n) is 0.845. The van der Waals surface area contributed by atoms with E-state index in [4.69, 9.17) is 10.8 Å². The smallest absolute Gasteiger partial charge is 0.320 e. The Balaban J connectivity index is 0. The minimum atomic E-state index is -0.944. The molecule has 0 spiro atoms. The maximum Gasteiger partial charge on any atom is 0.320 e. The monoisotopic (exact) mass is 221 g/mol. The molecule has 0 aliphatic heterocycles. The highest BCUT2D eigenvalue weighted by Gasteiger charge is 2.14. The third-order valence-electron chi connectivity index (χ3n) is 1.47. The van der Waals surface area contributed by atoms with Crippen LogP contribution in [0.2, 0.25) is 0 Å². The van der Waals surface area contributed by atoms with E-state index in [1.807, 2.05) is 6.92 Å². The van der Waals surface area contributed by atoms with Crippen molar-refractivity contribution in [3.8, 4) is 0 Å². The number of hydrogen-bond donors (Lipinski definition) is 3. The molecule has 0 saturated heterocycles. The summed E-state index contributed by atoms with van der Waals surface area (Å²) in [6.07, 6.45) is 3.64. The molecule has 0 aliphatic rings. The average molecular weight is 221 g/mol. The number of nitrogens with two attached hydrogens (primary N) is 1. The number of carboxylic acids is 1. The molecule has 0 heterocycles. The molecule has 3 nitrogen and oxygen atoms in total. The van der Waals surface area contributed by atoms with Crippen LogP contribution in [0.15, 0.2) is 0 Å². The predicted octanol–water partition coefficient (Wildman–Crippen LogP) is 2.30. The van der Waals surface area contributed by atoms with E-state index in [1.165, 1.54) is 6.42 Å². The second-order valence-corrected chi connectivity index (χ2v) is 4.06. The molecule has 3 N–H and O–H groups in total. The summed E-state index contributed by atoms with van der Waals surface area (Å²) in [5, 5.41) is 8.56. The lowest BCUT2D eigenvalue weighted by atomic mass is 10.1. The Bertz CT molecular complexity index is 142. The maximum atomic E-state index is 10.3. The number of carboxylic acid groups (broad SMARTS) is 1. The lowest BCUT2D eigenvalue weighted by Crippen LogP contribution is -2.32. The van der Waals surface area contributed by atoms with Crippen molar-refractivity contribution in [1.82, 2.24) is 0 Å². The topological polar surface area (TPSA) is 63.3 Å². The Labute approximate surface area is 92.5 Å². The van der Waals surface area contributed by atoms with E-state index >= 15 is 0 Å². The van der Waals surface area contributed by atoms with Gasteiger partial charge in [-0.2, -0.15) is 12.6 Å². The van der Waals surface area contributed by atoms with Gasteiger partial charge in [0.15, 0.2) is 0 Å². The van der Waals surface area contributed by atoms with Gasteiger partial charge in [-0.3, -0.25) is 4.79 Å². The Kier molecular flexibility index (Phi) is 12.6. The normalized spacial score (nSPS) is 13.8. The van der Waals surface area contributed by atoms with E-state index in [9.17, 15) is 4.79 Å². The molecular weight excluding hydrogens is 198 g/mol. The first-order valence-electron chi connectivity index (χ1n) is 5.15. The standard InChI is InChI=1S/C7H15NO2S.C3H8/c1-2-3-5(11)4-6(8)7(9)10;1-3-2/h5-6,11H,2-4,8H2,1H3,(H,9,10);3H2,1-2H3. The highest BCUT2D eigenvalue weighted by Crippen LogP contribution is 2.10. The zero-order valence-corrected chi connectivity index (χ0v) is 10.3. The summed E-state index contributed by atoms with van der Waals surface area (Å²) >= 11 is 4.20. The van der Waals surface area contributed by atoms with E-state index < -0.39 is 12.0 Å². The molecule has 0 aromatic carbocycles. The summed E-state index contributed by atoms with van der Waals surface area (Å²) in [5.41, 5.74) is 5.30. The van der Waals surface area contributed by atoms with E-state index in [-0.39, 0.29) is 5.25 Å². The second-order valence-electron chi connectivity index (χ2n) is 3.33. The van der Waals surface area contributed by atoms with Crippen molar-refractivity contribution in [2.45, 2.75) is 57.7 Å². The van der Waals surface area contributed by atoms with Gasteiger partial charge in [0.2, 0.25) is 0 Å². The maximum absolute atomic E-state index is 10.3. The summed E-state index contributed by atoms with van der Waals surface area (Å²) in [5.74, 6) is -0.944. The Morgan fingerprint density at radius 3 is 2.14 bits per heavy atom. The van der Waals surface area contributed by atoms with Crippen LogP contribution in [0.3, 0.4) is 0 Å². The fraction of sp³-hybridized carbons (Fsp3) is 0.900. The molecule has 0 saturated carbocycles. The lowest BCUT2D eigenvalue weighted by molar-refractivity contribution is -0.138. The summed E-state index contributed by atoms with van der Waals surface area (Å²) in [6, 6.07) is -0.760. The average Bonchev–Trinajstić information content (AvgIpc) is 2.05. The highest BCUT2D eigenvalue weighted by molar-refractivity contribution is 7.80. The molecule has 0 rings (SSSR count). The van der Waals surface area contributed by atoms with Crippen LogP contribution >= 0.6 is 12.6 Å². The van der Waals surface area contributed by atoms with E-state index in [0.717, 1.165) is 12.8 Å². The van der Waals surface area contributed by atoms with Crippen LogP contribution in [-0.4, -0.2) is 22.4 Å². The van der Waals surface area contributed by atoms with Gasteiger partial charge in [-0.1, -0.05) is 33.6 Å². The molecule has 0 fully saturated rings. The molecule has 0 amide bonds. The molecule has 0 aromatic rings. The zero-order chi connectivity index (χ0) is 11.6. The van der Waals surface area contributed by atoms with Gasteiger partial charge < -0.3 is 10.8 Å². The van der Waals surface area contributed by atoms with Crippen LogP contribution in [0.5, 0.6) is 0 Å². The third kappa shape index (κ3) is 11.8.